The Bertz CT molecular complexity index is 1390. The molecule has 1 saturated heterocycles. The molecule has 39 heavy (non-hydrogen) atoms. The Morgan fingerprint density at radius 2 is 2.08 bits per heavy atom. The van der Waals surface area contributed by atoms with Gasteiger partial charge in [0.25, 0.3) is 5.91 Å². The van der Waals surface area contributed by atoms with Gasteiger partial charge >= 0.3 is 6.09 Å². The van der Waals surface area contributed by atoms with Gasteiger partial charge < -0.3 is 24.0 Å². The molecule has 0 saturated carbocycles. The van der Waals surface area contributed by atoms with Crippen molar-refractivity contribution in [2.75, 3.05) is 33.4 Å². The van der Waals surface area contributed by atoms with Crippen LogP contribution in [0.1, 0.15) is 35.5 Å². The molecule has 2 amide bonds. The van der Waals surface area contributed by atoms with E-state index in [9.17, 15) is 9.59 Å². The molecule has 13 heteroatoms. The first-order chi connectivity index (χ1) is 18.6. The van der Waals surface area contributed by atoms with Crippen LogP contribution in [0.15, 0.2) is 29.0 Å². The van der Waals surface area contributed by atoms with E-state index >= 15 is 0 Å². The van der Waals surface area contributed by atoms with E-state index in [2.05, 4.69) is 13.8 Å². The highest BCUT2D eigenvalue weighted by Crippen LogP contribution is 2.44. The highest BCUT2D eigenvalue weighted by atomic mass is 32.1. The number of rotatable bonds is 9. The van der Waals surface area contributed by atoms with Gasteiger partial charge in [-0.25, -0.2) is 9.48 Å². The first-order valence-corrected chi connectivity index (χ1v) is 13.6. The average Bonchev–Trinajstić information content (AvgIpc) is 3.62. The number of carbonyl (C=O) groups excluding carboxylic acids is 2. The Balaban J connectivity index is 1.60. The minimum Gasteiger partial charge on any atom is -0.496 e. The van der Waals surface area contributed by atoms with Crippen molar-refractivity contribution in [3.05, 3.63) is 45.8 Å². The second-order valence-corrected chi connectivity index (χ2v) is 10.8. The quantitative estimate of drug-likeness (QED) is 0.389. The van der Waals surface area contributed by atoms with Crippen molar-refractivity contribution in [1.29, 1.82) is 0 Å². The van der Waals surface area contributed by atoms with Crippen molar-refractivity contribution < 1.29 is 23.8 Å². The number of fused-ring (bicyclic) bond motifs is 3. The average molecular weight is 540 g/mol. The molecule has 5 rings (SSSR count). The number of aromatic nitrogens is 2. The maximum absolute atomic E-state index is 14.0. The van der Waals surface area contributed by atoms with E-state index in [1.807, 2.05) is 29.0 Å². The van der Waals surface area contributed by atoms with Gasteiger partial charge in [-0.2, -0.15) is 16.4 Å². The number of nitrogens with zero attached hydrogens (tertiary/aromatic N) is 4. The second-order valence-electron chi connectivity index (χ2n) is 10.1. The summed E-state index contributed by atoms with van der Waals surface area (Å²) in [4.78, 5) is 28.5. The van der Waals surface area contributed by atoms with Crippen LogP contribution in [0, 0.1) is 5.92 Å². The first kappa shape index (κ1) is 27.2. The summed E-state index contributed by atoms with van der Waals surface area (Å²) in [6.07, 6.45) is 0.336. The van der Waals surface area contributed by atoms with Gasteiger partial charge in [-0.15, -0.1) is 0 Å². The minimum absolute atomic E-state index is 0.00923. The Kier molecular flexibility index (Phi) is 7.46. The summed E-state index contributed by atoms with van der Waals surface area (Å²) in [5.41, 5.74) is 4.08. The molecule has 0 atom stereocenters. The molecule has 2 aromatic heterocycles. The lowest BCUT2D eigenvalue weighted by Gasteiger charge is -2.38. The number of hydrogen-bond donors (Lipinski definition) is 0. The van der Waals surface area contributed by atoms with E-state index < -0.39 is 17.2 Å². The summed E-state index contributed by atoms with van der Waals surface area (Å²) < 4.78 is 18.5. The third kappa shape index (κ3) is 5.28. The lowest BCUT2D eigenvalue weighted by atomic mass is 9.48. The van der Waals surface area contributed by atoms with Crippen LogP contribution in [0.25, 0.3) is 16.9 Å². The van der Waals surface area contributed by atoms with Gasteiger partial charge in [0.15, 0.2) is 5.69 Å². The lowest BCUT2D eigenvalue weighted by Crippen LogP contribution is -2.56. The van der Waals surface area contributed by atoms with Gasteiger partial charge in [0.05, 0.1) is 48.6 Å². The van der Waals surface area contributed by atoms with Crippen LogP contribution in [0.4, 0.5) is 4.79 Å². The Morgan fingerprint density at radius 1 is 1.28 bits per heavy atom. The number of ether oxygens (including phenoxy) is 3. The normalized spacial score (nSPS) is 14.6. The molecule has 0 N–H and O–H groups in total. The Morgan fingerprint density at radius 3 is 2.69 bits per heavy atom. The van der Waals surface area contributed by atoms with Gasteiger partial charge in [-0.3, -0.25) is 4.79 Å². The Labute approximate surface area is 235 Å². The van der Waals surface area contributed by atoms with Gasteiger partial charge in [-0.1, -0.05) is 19.1 Å². The van der Waals surface area contributed by atoms with Crippen molar-refractivity contribution >= 4 is 46.9 Å². The molecule has 6 radical (unpaired) electrons. The highest BCUT2D eigenvalue weighted by molar-refractivity contribution is 7.08. The summed E-state index contributed by atoms with van der Waals surface area (Å²) in [6.45, 7) is 5.21. The number of thiophene rings is 1. The maximum Gasteiger partial charge on any atom is 0.409 e. The van der Waals surface area contributed by atoms with E-state index in [4.69, 9.17) is 42.8 Å². The van der Waals surface area contributed by atoms with Crippen LogP contribution in [-0.2, 0) is 17.8 Å². The van der Waals surface area contributed by atoms with Crippen LogP contribution in [0.5, 0.6) is 11.5 Å². The summed E-state index contributed by atoms with van der Waals surface area (Å²) in [7, 11) is 19.8. The topological polar surface area (TPSA) is 86.1 Å². The molecular weight excluding hydrogens is 513 g/mol. The van der Waals surface area contributed by atoms with E-state index in [1.54, 1.807) is 11.8 Å². The predicted molar refractivity (Wildman–Crippen MR) is 150 cm³/mol. The van der Waals surface area contributed by atoms with E-state index in [1.165, 1.54) is 16.2 Å². The molecule has 0 bridgehead atoms. The van der Waals surface area contributed by atoms with Crippen LogP contribution < -0.4 is 9.47 Å². The third-order valence-corrected chi connectivity index (χ3v) is 7.40. The number of hydrogen-bond acceptors (Lipinski definition) is 7. The van der Waals surface area contributed by atoms with Crippen LogP contribution >= 0.6 is 11.3 Å². The second kappa shape index (κ2) is 10.7. The smallest absolute Gasteiger partial charge is 0.409 e. The highest BCUT2D eigenvalue weighted by Gasteiger charge is 2.36. The zero-order valence-corrected chi connectivity index (χ0v) is 23.0. The minimum atomic E-state index is -2.00. The van der Waals surface area contributed by atoms with E-state index in [0.29, 0.717) is 23.8 Å². The summed E-state index contributed by atoms with van der Waals surface area (Å²) in [6, 6.07) is 5.85. The fourth-order valence-corrected chi connectivity index (χ4v) is 5.51. The van der Waals surface area contributed by atoms with Gasteiger partial charge in [0.2, 0.25) is 0 Å². The summed E-state index contributed by atoms with van der Waals surface area (Å²) in [5.74, 6) is 1.21. The molecule has 1 fully saturated rings. The number of carbonyl (C=O) groups is 2. The fraction of sp³-hybridized carbons (Fsp3) is 0.423. The molecule has 1 aromatic carbocycles. The van der Waals surface area contributed by atoms with E-state index in [0.717, 1.165) is 39.6 Å². The van der Waals surface area contributed by atoms with Crippen molar-refractivity contribution in [2.24, 2.45) is 5.92 Å². The summed E-state index contributed by atoms with van der Waals surface area (Å²) in [5, 5.41) is 6.64. The lowest BCUT2D eigenvalue weighted by molar-refractivity contribution is 0.0725. The predicted octanol–water partition coefficient (Wildman–Crippen LogP) is 2.71. The largest absolute Gasteiger partial charge is 0.496 e. The SMILES string of the molecule is [B]C([B])([B])N(CCN1CCOC1=O)C(=O)c1nn(-c2ccsc2)c2c1COc1cc(OC)c(CC(C)C)cc1-2. The fourth-order valence-electron chi connectivity index (χ4n) is 4.90. The van der Waals surface area contributed by atoms with E-state index in [-0.39, 0.29) is 32.0 Å². The molecule has 4 heterocycles. The molecular formula is C26H27B3N4O5S. The van der Waals surface area contributed by atoms with Gasteiger partial charge in [0, 0.05) is 35.7 Å². The van der Waals surface area contributed by atoms with Crippen molar-refractivity contribution in [3.8, 4) is 28.4 Å². The molecule has 0 aliphatic carbocycles. The van der Waals surface area contributed by atoms with Crippen molar-refractivity contribution in [2.45, 2.75) is 32.1 Å². The molecule has 196 valence electrons. The monoisotopic (exact) mass is 540 g/mol. The number of benzene rings is 1. The zero-order chi connectivity index (χ0) is 27.9. The van der Waals surface area contributed by atoms with Crippen LogP contribution in [0.3, 0.4) is 0 Å². The maximum atomic E-state index is 14.0. The Hall–Kier alpha value is -3.34. The number of amides is 2. The van der Waals surface area contributed by atoms with Crippen molar-refractivity contribution in [3.63, 3.8) is 0 Å². The van der Waals surface area contributed by atoms with Crippen LogP contribution in [0.2, 0.25) is 0 Å². The molecule has 0 unspecified atom stereocenters. The molecule has 2 aliphatic rings. The van der Waals surface area contributed by atoms with Gasteiger partial charge in [0.1, 0.15) is 24.7 Å². The third-order valence-electron chi connectivity index (χ3n) is 6.73. The van der Waals surface area contributed by atoms with Crippen LogP contribution in [-0.4, -0.2) is 93.7 Å². The van der Waals surface area contributed by atoms with Crippen molar-refractivity contribution in [1.82, 2.24) is 19.6 Å². The summed E-state index contributed by atoms with van der Waals surface area (Å²) >= 11 is 1.52. The molecule has 0 spiro atoms. The standard InChI is InChI=1S/C26H27B3N4O5S/c1-15(2)10-16-11-18-21(12-20(16)36-3)38-13-19-22(30-33(23(18)19)17-4-9-39-14-17)24(34)32(26(27,28)29)6-5-31-7-8-37-25(31)35/h4,9,11-12,14-15H,5-8,10,13H2,1-3H3. The number of methoxy groups -OCH3 is 1. The van der Waals surface area contributed by atoms with Gasteiger partial charge in [-0.05, 0) is 35.4 Å². The zero-order valence-electron chi connectivity index (χ0n) is 22.2. The molecule has 9 nitrogen and oxygen atoms in total. The molecule has 3 aromatic rings. The molecule has 2 aliphatic heterocycles. The number of cyclic esters (lactones) is 1. The first-order valence-electron chi connectivity index (χ1n) is 12.7.